The monoisotopic (exact) mass is 351 g/mol. The number of hydrogen-bond acceptors (Lipinski definition) is 4. The van der Waals surface area contributed by atoms with Crippen molar-refractivity contribution in [2.24, 2.45) is 5.92 Å². The van der Waals surface area contributed by atoms with Crippen molar-refractivity contribution in [1.29, 1.82) is 0 Å². The van der Waals surface area contributed by atoms with Crippen molar-refractivity contribution in [1.82, 2.24) is 10.3 Å². The standard InChI is InChI=1S/C19H27F2N3O/c1-19(2,25)14-6-8-15(9-7-14)24-17(23-12-16(20)21)10-5-13-4-3-11-22-18(13)24/h3-5,10-11,14-17,23,25H,6-9,12H2,1-2H3. The number of aliphatic hydroxyl groups is 1. The van der Waals surface area contributed by atoms with Gasteiger partial charge >= 0.3 is 0 Å². The van der Waals surface area contributed by atoms with E-state index in [9.17, 15) is 13.9 Å². The largest absolute Gasteiger partial charge is 0.390 e. The van der Waals surface area contributed by atoms with E-state index in [2.05, 4.69) is 15.2 Å². The normalized spacial score (nSPS) is 26.8. The van der Waals surface area contributed by atoms with Crippen LogP contribution in [0.4, 0.5) is 14.6 Å². The van der Waals surface area contributed by atoms with Crippen molar-refractivity contribution in [2.75, 3.05) is 11.4 Å². The van der Waals surface area contributed by atoms with E-state index in [0.29, 0.717) is 0 Å². The average molecular weight is 351 g/mol. The number of alkyl halides is 2. The molecule has 1 fully saturated rings. The molecule has 2 heterocycles. The Balaban J connectivity index is 1.79. The number of aromatic nitrogens is 1. The molecule has 138 valence electrons. The number of fused-ring (bicyclic) bond motifs is 1. The van der Waals surface area contributed by atoms with Gasteiger partial charge in [-0.15, -0.1) is 0 Å². The number of anilines is 1. The van der Waals surface area contributed by atoms with E-state index in [0.717, 1.165) is 37.1 Å². The lowest BCUT2D eigenvalue weighted by Gasteiger charge is -2.45. The predicted molar refractivity (Wildman–Crippen MR) is 95.6 cm³/mol. The quantitative estimate of drug-likeness (QED) is 0.853. The van der Waals surface area contributed by atoms with Gasteiger partial charge in [-0.05, 0) is 63.7 Å². The molecule has 0 bridgehead atoms. The highest BCUT2D eigenvalue weighted by atomic mass is 19.3. The summed E-state index contributed by atoms with van der Waals surface area (Å²) in [6.07, 6.45) is 6.68. The van der Waals surface area contributed by atoms with Crippen molar-refractivity contribution in [3.05, 3.63) is 30.0 Å². The van der Waals surface area contributed by atoms with E-state index < -0.39 is 12.0 Å². The van der Waals surface area contributed by atoms with Gasteiger partial charge < -0.3 is 10.0 Å². The van der Waals surface area contributed by atoms with Crippen molar-refractivity contribution >= 4 is 11.9 Å². The number of halogens is 2. The molecule has 0 saturated heterocycles. The number of pyridine rings is 1. The Morgan fingerprint density at radius 3 is 2.68 bits per heavy atom. The van der Waals surface area contributed by atoms with Crippen LogP contribution in [0.5, 0.6) is 0 Å². The third kappa shape index (κ3) is 4.18. The summed E-state index contributed by atoms with van der Waals surface area (Å²) < 4.78 is 25.4. The summed E-state index contributed by atoms with van der Waals surface area (Å²) >= 11 is 0. The molecular formula is C19H27F2N3O. The number of nitrogens with one attached hydrogen (secondary N) is 1. The molecule has 2 N–H and O–H groups in total. The lowest BCUT2D eigenvalue weighted by Crippen LogP contribution is -2.54. The van der Waals surface area contributed by atoms with Crippen LogP contribution in [0.3, 0.4) is 0 Å². The molecule has 1 aromatic rings. The maximum atomic E-state index is 12.7. The van der Waals surface area contributed by atoms with E-state index in [4.69, 9.17) is 0 Å². The van der Waals surface area contributed by atoms with Crippen molar-refractivity contribution in [3.8, 4) is 0 Å². The molecule has 1 saturated carbocycles. The molecule has 0 spiro atoms. The lowest BCUT2D eigenvalue weighted by molar-refractivity contribution is -0.00194. The topological polar surface area (TPSA) is 48.4 Å². The molecule has 3 rings (SSSR count). The fourth-order valence-corrected chi connectivity index (χ4v) is 4.01. The summed E-state index contributed by atoms with van der Waals surface area (Å²) in [4.78, 5) is 6.67. The molecule has 2 aliphatic rings. The summed E-state index contributed by atoms with van der Waals surface area (Å²) in [5.74, 6) is 1.13. The Labute approximate surface area is 147 Å². The zero-order valence-electron chi connectivity index (χ0n) is 14.8. The molecule has 6 heteroatoms. The van der Waals surface area contributed by atoms with Crippen LogP contribution in [-0.4, -0.2) is 40.9 Å². The second kappa shape index (κ2) is 7.38. The molecule has 25 heavy (non-hydrogen) atoms. The Hall–Kier alpha value is -1.53. The number of rotatable bonds is 5. The fraction of sp³-hybridized carbons (Fsp3) is 0.632. The zero-order chi connectivity index (χ0) is 18.0. The second-order valence-corrected chi connectivity index (χ2v) is 7.59. The summed E-state index contributed by atoms with van der Waals surface area (Å²) in [6.45, 7) is 3.39. The number of nitrogens with zero attached hydrogens (tertiary/aromatic N) is 2. The first kappa shape index (κ1) is 18.3. The number of hydrogen-bond donors (Lipinski definition) is 2. The molecule has 0 amide bonds. The molecule has 4 nitrogen and oxygen atoms in total. The van der Waals surface area contributed by atoms with Gasteiger partial charge in [-0.2, -0.15) is 0 Å². The van der Waals surface area contributed by atoms with Crippen LogP contribution in [0.25, 0.3) is 6.08 Å². The van der Waals surface area contributed by atoms with Crippen LogP contribution >= 0.6 is 0 Å². The first-order valence-electron chi connectivity index (χ1n) is 9.01. The molecule has 0 radical (unpaired) electrons. The van der Waals surface area contributed by atoms with Gasteiger partial charge in [-0.25, -0.2) is 13.8 Å². The van der Waals surface area contributed by atoms with Crippen molar-refractivity contribution in [3.63, 3.8) is 0 Å². The Morgan fingerprint density at radius 1 is 1.32 bits per heavy atom. The molecule has 1 aromatic heterocycles. The van der Waals surface area contributed by atoms with Gasteiger partial charge in [0.05, 0.1) is 12.1 Å². The highest BCUT2D eigenvalue weighted by molar-refractivity contribution is 5.69. The minimum Gasteiger partial charge on any atom is -0.390 e. The smallest absolute Gasteiger partial charge is 0.250 e. The van der Waals surface area contributed by atoms with E-state index in [1.165, 1.54) is 0 Å². The van der Waals surface area contributed by atoms with Gasteiger partial charge in [-0.3, -0.25) is 5.32 Å². The average Bonchev–Trinajstić information content (AvgIpc) is 2.58. The third-order valence-corrected chi connectivity index (χ3v) is 5.39. The molecule has 1 aliphatic carbocycles. The maximum absolute atomic E-state index is 12.7. The highest BCUT2D eigenvalue weighted by Crippen LogP contribution is 2.38. The van der Waals surface area contributed by atoms with Gasteiger partial charge in [0.25, 0.3) is 6.43 Å². The Bertz CT molecular complexity index is 607. The van der Waals surface area contributed by atoms with E-state index >= 15 is 0 Å². The first-order valence-corrected chi connectivity index (χ1v) is 9.01. The minimum absolute atomic E-state index is 0.229. The van der Waals surface area contributed by atoms with Crippen LogP contribution in [0.2, 0.25) is 0 Å². The Morgan fingerprint density at radius 2 is 2.04 bits per heavy atom. The van der Waals surface area contributed by atoms with E-state index in [1.54, 1.807) is 6.20 Å². The second-order valence-electron chi connectivity index (χ2n) is 7.59. The zero-order valence-corrected chi connectivity index (χ0v) is 14.8. The van der Waals surface area contributed by atoms with Crippen LogP contribution in [0, 0.1) is 5.92 Å². The van der Waals surface area contributed by atoms with Crippen LogP contribution < -0.4 is 10.2 Å². The van der Waals surface area contributed by atoms with Gasteiger partial charge in [0, 0.05) is 17.8 Å². The van der Waals surface area contributed by atoms with Gasteiger partial charge in [0.15, 0.2) is 0 Å². The highest BCUT2D eigenvalue weighted by Gasteiger charge is 2.36. The van der Waals surface area contributed by atoms with Gasteiger partial charge in [0.1, 0.15) is 12.0 Å². The Kier molecular flexibility index (Phi) is 5.39. The summed E-state index contributed by atoms with van der Waals surface area (Å²) in [5, 5.41) is 13.2. The van der Waals surface area contributed by atoms with Crippen molar-refractivity contribution in [2.45, 2.75) is 63.8 Å². The molecule has 1 aliphatic heterocycles. The van der Waals surface area contributed by atoms with Crippen LogP contribution in [0.1, 0.15) is 45.1 Å². The molecular weight excluding hydrogens is 324 g/mol. The van der Waals surface area contributed by atoms with Crippen LogP contribution in [-0.2, 0) is 0 Å². The first-order chi connectivity index (χ1) is 11.9. The fourth-order valence-electron chi connectivity index (χ4n) is 4.01. The minimum atomic E-state index is -2.38. The maximum Gasteiger partial charge on any atom is 0.250 e. The SMILES string of the molecule is CC(C)(O)C1CCC(N2c3ncccc3C=CC2NCC(F)F)CC1. The third-order valence-electron chi connectivity index (χ3n) is 5.39. The van der Waals surface area contributed by atoms with Gasteiger partial charge in [0.2, 0.25) is 0 Å². The van der Waals surface area contributed by atoms with E-state index in [1.807, 2.05) is 38.1 Å². The molecule has 0 aromatic carbocycles. The summed E-state index contributed by atoms with van der Waals surface area (Å²) in [6, 6.07) is 4.12. The summed E-state index contributed by atoms with van der Waals surface area (Å²) in [5.41, 5.74) is 0.346. The van der Waals surface area contributed by atoms with Gasteiger partial charge in [-0.1, -0.05) is 6.08 Å². The molecule has 1 atom stereocenters. The summed E-state index contributed by atoms with van der Waals surface area (Å²) in [7, 11) is 0. The van der Waals surface area contributed by atoms with Crippen LogP contribution in [0.15, 0.2) is 24.4 Å². The van der Waals surface area contributed by atoms with Crippen molar-refractivity contribution < 1.29 is 13.9 Å². The van der Waals surface area contributed by atoms with E-state index in [-0.39, 0.29) is 24.7 Å². The molecule has 1 unspecified atom stereocenters. The lowest BCUT2D eigenvalue weighted by atomic mass is 9.76. The predicted octanol–water partition coefficient (Wildman–Crippen LogP) is 3.43.